The molecule has 2 rings (SSSR count). The highest BCUT2D eigenvalue weighted by Crippen LogP contribution is 2.06. The maximum Gasteiger partial charge on any atom is 0.303 e. The van der Waals surface area contributed by atoms with Crippen LogP contribution in [0.15, 0.2) is 42.9 Å². The van der Waals surface area contributed by atoms with Gasteiger partial charge in [0.15, 0.2) is 0 Å². The molecule has 0 aliphatic heterocycles. The number of nitrogens with one attached hydrogen (secondary N) is 7. The van der Waals surface area contributed by atoms with Gasteiger partial charge in [-0.2, -0.15) is 0 Å². The molecule has 1 heterocycles. The zero-order chi connectivity index (χ0) is 39.7. The van der Waals surface area contributed by atoms with Gasteiger partial charge in [0.05, 0.1) is 36.8 Å². The standard InChI is InChI=1S/C33H46N9O11/c1-17(38-30(50)22(34)12-21-13-35-16-37-21)29(49)39-23(9-10-27(47)48)31(51)36-14-26(46)42-28(19(3)45)33(53)40-24(11-20-7-5-4-6-8-20)32(52)41-25(15-43)18(2)44/h4-8,13,16-19,22-25,28,44-45H,9-12,14,34H2,1-3H3,(H,35,37)(H,36,51)(H,38,50)(H,39,49)(H,40,53)(H,41,52)(H,42,46)(H,47,48)/t17-,18+,19+,22-,23-,24-,25+,28-/m0/s1. The maximum absolute atomic E-state index is 13.3. The lowest BCUT2D eigenvalue weighted by Crippen LogP contribution is -2.60. The first kappa shape index (κ1) is 43.4. The van der Waals surface area contributed by atoms with Crippen LogP contribution < -0.4 is 37.6 Å². The molecule has 1 aromatic carbocycles. The van der Waals surface area contributed by atoms with Crippen molar-refractivity contribution in [2.24, 2.45) is 5.73 Å². The number of nitrogens with zero attached hydrogens (tertiary/aromatic N) is 1. The summed E-state index contributed by atoms with van der Waals surface area (Å²) < 4.78 is 0. The van der Waals surface area contributed by atoms with E-state index in [1.54, 1.807) is 36.5 Å². The number of aliphatic hydroxyl groups is 2. The molecule has 1 aromatic heterocycles. The first-order valence-electron chi connectivity index (χ1n) is 16.5. The number of amides is 6. The second-order valence-corrected chi connectivity index (χ2v) is 12.2. The van der Waals surface area contributed by atoms with E-state index in [1.165, 1.54) is 33.4 Å². The quantitative estimate of drug-likeness (QED) is 0.0546. The van der Waals surface area contributed by atoms with E-state index >= 15 is 0 Å². The van der Waals surface area contributed by atoms with Crippen LogP contribution in [0.3, 0.4) is 0 Å². The molecule has 8 atom stereocenters. The van der Waals surface area contributed by atoms with Crippen molar-refractivity contribution < 1.29 is 53.7 Å². The Morgan fingerprint density at radius 3 is 2.04 bits per heavy atom. The second kappa shape index (κ2) is 21.6. The van der Waals surface area contributed by atoms with Crippen LogP contribution in [0.2, 0.25) is 0 Å². The third-order valence-corrected chi connectivity index (χ3v) is 7.68. The van der Waals surface area contributed by atoms with Crippen molar-refractivity contribution in [2.45, 2.75) is 94.9 Å². The van der Waals surface area contributed by atoms with Gasteiger partial charge < -0.3 is 57.9 Å². The number of carbonyl (C=O) groups excluding carboxylic acids is 7. The van der Waals surface area contributed by atoms with Gasteiger partial charge in [0.1, 0.15) is 30.2 Å². The SMILES string of the molecule is C[C@H](NC(=O)[C@@H](N)Cc1c[nH]cn1)C(=O)N[C@@H](CCC(=O)O)C(=O)NCC(=O)N[C@H](C(=O)N[C@@H](Cc1ccccc1)C(=O)N[C@H]([C]=O)[C@@H](C)O)[C@@H](C)O. The lowest BCUT2D eigenvalue weighted by Gasteiger charge is -2.26. The predicted molar refractivity (Wildman–Crippen MR) is 185 cm³/mol. The molecule has 0 saturated carbocycles. The maximum atomic E-state index is 13.3. The number of imidazole rings is 1. The fourth-order valence-corrected chi connectivity index (χ4v) is 4.68. The number of hydrogen-bond acceptors (Lipinski definition) is 12. The number of aromatic nitrogens is 2. The number of aromatic amines is 1. The van der Waals surface area contributed by atoms with Crippen LogP contribution >= 0.6 is 0 Å². The highest BCUT2D eigenvalue weighted by molar-refractivity contribution is 5.96. The third-order valence-electron chi connectivity index (χ3n) is 7.68. The number of nitrogens with two attached hydrogens (primary N) is 1. The highest BCUT2D eigenvalue weighted by atomic mass is 16.4. The average molecular weight is 745 g/mol. The number of aliphatic hydroxyl groups excluding tert-OH is 2. The zero-order valence-corrected chi connectivity index (χ0v) is 29.3. The molecule has 0 aliphatic rings. The minimum Gasteiger partial charge on any atom is -0.481 e. The Bertz CT molecular complexity index is 1550. The number of carboxylic acids is 1. The summed E-state index contributed by atoms with van der Waals surface area (Å²) in [7, 11) is 0. The molecule has 0 saturated heterocycles. The summed E-state index contributed by atoms with van der Waals surface area (Å²) in [6, 6.07) is 0.324. The van der Waals surface area contributed by atoms with Gasteiger partial charge in [0.25, 0.3) is 0 Å². The van der Waals surface area contributed by atoms with E-state index in [-0.39, 0.29) is 12.8 Å². The fourth-order valence-electron chi connectivity index (χ4n) is 4.68. The average Bonchev–Trinajstić information content (AvgIpc) is 3.62. The number of aliphatic carboxylic acids is 1. The summed E-state index contributed by atoms with van der Waals surface area (Å²) in [5.41, 5.74) is 7.00. The molecule has 20 nitrogen and oxygen atoms in total. The number of carboxylic acid groups (broad SMARTS) is 1. The molecular weight excluding hydrogens is 698 g/mol. The van der Waals surface area contributed by atoms with Crippen LogP contribution in [0.5, 0.6) is 0 Å². The largest absolute Gasteiger partial charge is 0.481 e. The summed E-state index contributed by atoms with van der Waals surface area (Å²) in [5.74, 6) is -6.65. The molecule has 53 heavy (non-hydrogen) atoms. The lowest BCUT2D eigenvalue weighted by molar-refractivity contribution is -0.138. The van der Waals surface area contributed by atoms with Crippen molar-refractivity contribution in [3.05, 3.63) is 54.1 Å². The van der Waals surface area contributed by atoms with E-state index in [4.69, 9.17) is 10.8 Å². The number of benzene rings is 1. The molecule has 2 aromatic rings. The van der Waals surface area contributed by atoms with Gasteiger partial charge in [-0.3, -0.25) is 38.4 Å². The van der Waals surface area contributed by atoms with Crippen molar-refractivity contribution in [1.82, 2.24) is 41.9 Å². The van der Waals surface area contributed by atoms with Gasteiger partial charge in [-0.25, -0.2) is 4.98 Å². The van der Waals surface area contributed by atoms with Crippen LogP contribution in [0, 0.1) is 0 Å². The fraction of sp³-hybridized carbons (Fsp3) is 0.485. The molecule has 0 spiro atoms. The number of hydrogen-bond donors (Lipinski definition) is 11. The monoisotopic (exact) mass is 744 g/mol. The smallest absolute Gasteiger partial charge is 0.303 e. The number of H-pyrrole nitrogens is 1. The van der Waals surface area contributed by atoms with Gasteiger partial charge in [-0.05, 0) is 32.8 Å². The molecule has 0 aliphatic carbocycles. The summed E-state index contributed by atoms with van der Waals surface area (Å²) in [6.45, 7) is 2.96. The summed E-state index contributed by atoms with van der Waals surface area (Å²) in [6.07, 6.45) is 0.679. The zero-order valence-electron chi connectivity index (χ0n) is 29.3. The Morgan fingerprint density at radius 2 is 1.47 bits per heavy atom. The Kier molecular flexibility index (Phi) is 17.7. The van der Waals surface area contributed by atoms with Crippen molar-refractivity contribution in [1.29, 1.82) is 0 Å². The van der Waals surface area contributed by atoms with Crippen molar-refractivity contribution in [3.8, 4) is 0 Å². The molecular formula is C33H46N9O11. The molecule has 20 heteroatoms. The minimum absolute atomic E-state index is 0.0706. The van der Waals surface area contributed by atoms with E-state index < -0.39 is 109 Å². The summed E-state index contributed by atoms with van der Waals surface area (Å²) in [5, 5.41) is 43.2. The third kappa shape index (κ3) is 15.2. The van der Waals surface area contributed by atoms with Crippen LogP contribution in [-0.2, 0) is 51.2 Å². The van der Waals surface area contributed by atoms with Crippen molar-refractivity contribution >= 4 is 47.7 Å². The Labute approximate surface area is 304 Å². The summed E-state index contributed by atoms with van der Waals surface area (Å²) in [4.78, 5) is 107. The molecule has 6 amide bonds. The van der Waals surface area contributed by atoms with Crippen LogP contribution in [-0.4, -0.2) is 128 Å². The lowest BCUT2D eigenvalue weighted by atomic mass is 10.0. The molecule has 289 valence electrons. The second-order valence-electron chi connectivity index (χ2n) is 12.2. The van der Waals surface area contributed by atoms with Gasteiger partial charge in [0, 0.05) is 25.5 Å². The number of rotatable bonds is 22. The van der Waals surface area contributed by atoms with Gasteiger partial charge in [-0.15, -0.1) is 0 Å². The normalized spacial score (nSPS) is 15.4. The minimum atomic E-state index is -1.65. The van der Waals surface area contributed by atoms with E-state index in [2.05, 4.69) is 41.9 Å². The summed E-state index contributed by atoms with van der Waals surface area (Å²) >= 11 is 0. The highest BCUT2D eigenvalue weighted by Gasteiger charge is 2.32. The van der Waals surface area contributed by atoms with E-state index in [1.807, 2.05) is 0 Å². The number of carbonyl (C=O) groups is 7. The molecule has 1 radical (unpaired) electrons. The van der Waals surface area contributed by atoms with E-state index in [0.717, 1.165) is 0 Å². The van der Waals surface area contributed by atoms with Crippen LogP contribution in [0.4, 0.5) is 0 Å². The van der Waals surface area contributed by atoms with Crippen molar-refractivity contribution in [3.63, 3.8) is 0 Å². The topological polar surface area (TPSA) is 324 Å². The van der Waals surface area contributed by atoms with E-state index in [0.29, 0.717) is 11.3 Å². The molecule has 0 bridgehead atoms. The predicted octanol–water partition coefficient (Wildman–Crippen LogP) is -4.18. The van der Waals surface area contributed by atoms with Crippen LogP contribution in [0.25, 0.3) is 0 Å². The first-order chi connectivity index (χ1) is 25.0. The molecule has 0 unspecified atom stereocenters. The van der Waals surface area contributed by atoms with Gasteiger partial charge in [-0.1, -0.05) is 30.3 Å². The molecule has 12 N–H and O–H groups in total. The first-order valence-corrected chi connectivity index (χ1v) is 16.5. The van der Waals surface area contributed by atoms with Gasteiger partial charge >= 0.3 is 5.97 Å². The molecule has 0 fully saturated rings. The Morgan fingerprint density at radius 1 is 0.811 bits per heavy atom. The van der Waals surface area contributed by atoms with Crippen LogP contribution in [0.1, 0.15) is 44.9 Å². The van der Waals surface area contributed by atoms with Gasteiger partial charge in [0.2, 0.25) is 41.7 Å². The van der Waals surface area contributed by atoms with E-state index in [9.17, 15) is 48.6 Å². The van der Waals surface area contributed by atoms with Crippen molar-refractivity contribution in [2.75, 3.05) is 6.54 Å². The Hall–Kier alpha value is -5.73. The Balaban J connectivity index is 2.06.